The van der Waals surface area contributed by atoms with Crippen molar-refractivity contribution in [3.63, 3.8) is 0 Å². The van der Waals surface area contributed by atoms with E-state index < -0.39 is 0 Å². The third-order valence-corrected chi connectivity index (χ3v) is 4.65. The largest absolute Gasteiger partial charge is 0.381 e. The molecule has 0 spiro atoms. The Hall–Kier alpha value is -1.59. The summed E-state index contributed by atoms with van der Waals surface area (Å²) in [4.78, 5) is 4.34. The number of rotatable bonds is 5. The second-order valence-corrected chi connectivity index (χ2v) is 6.15. The topological polar surface area (TPSA) is 54.9 Å². The molecule has 0 amide bonds. The number of nitrogens with zero attached hydrogens (tertiary/aromatic N) is 1. The van der Waals surface area contributed by atoms with Crippen molar-refractivity contribution in [1.29, 1.82) is 0 Å². The molecule has 1 aliphatic heterocycles. The van der Waals surface area contributed by atoms with Gasteiger partial charge in [0.1, 0.15) is 0 Å². The van der Waals surface area contributed by atoms with Gasteiger partial charge in [-0.05, 0) is 25.0 Å². The zero-order chi connectivity index (χ0) is 16.7. The molecule has 23 heavy (non-hydrogen) atoms. The van der Waals surface area contributed by atoms with Gasteiger partial charge in [-0.3, -0.25) is 4.99 Å². The fraction of sp³-hybridized carbons (Fsp3) is 0.611. The van der Waals surface area contributed by atoms with E-state index in [4.69, 9.17) is 9.47 Å². The molecule has 1 aromatic carbocycles. The van der Waals surface area contributed by atoms with Gasteiger partial charge in [-0.25, -0.2) is 0 Å². The van der Waals surface area contributed by atoms with Crippen molar-refractivity contribution in [1.82, 2.24) is 10.6 Å². The summed E-state index contributed by atoms with van der Waals surface area (Å²) >= 11 is 0. The maximum atomic E-state index is 5.76. The minimum Gasteiger partial charge on any atom is -0.381 e. The summed E-state index contributed by atoms with van der Waals surface area (Å²) in [5.41, 5.74) is 2.39. The molecule has 0 aromatic heterocycles. The van der Waals surface area contributed by atoms with E-state index in [1.165, 1.54) is 11.1 Å². The van der Waals surface area contributed by atoms with Gasteiger partial charge in [-0.15, -0.1) is 0 Å². The molecule has 2 rings (SSSR count). The van der Waals surface area contributed by atoms with Crippen LogP contribution < -0.4 is 10.6 Å². The summed E-state index contributed by atoms with van der Waals surface area (Å²) in [5, 5.41) is 6.87. The highest BCUT2D eigenvalue weighted by Gasteiger charge is 2.32. The maximum Gasteiger partial charge on any atom is 0.191 e. The summed E-state index contributed by atoms with van der Waals surface area (Å²) in [6.45, 7) is 6.51. The van der Waals surface area contributed by atoms with E-state index in [1.54, 1.807) is 14.2 Å². The Labute approximate surface area is 139 Å². The first kappa shape index (κ1) is 17.8. The summed E-state index contributed by atoms with van der Waals surface area (Å²) < 4.78 is 11.2. The second kappa shape index (κ2) is 8.31. The molecule has 1 fully saturated rings. The minimum atomic E-state index is -0.165. The minimum absolute atomic E-state index is 0.165. The third-order valence-electron chi connectivity index (χ3n) is 4.65. The van der Waals surface area contributed by atoms with Gasteiger partial charge in [0.2, 0.25) is 0 Å². The molecule has 1 atom stereocenters. The van der Waals surface area contributed by atoms with Crippen LogP contribution in [-0.2, 0) is 9.47 Å². The van der Waals surface area contributed by atoms with Gasteiger partial charge in [0.05, 0.1) is 11.6 Å². The fourth-order valence-corrected chi connectivity index (χ4v) is 2.99. The Bertz CT molecular complexity index is 525. The van der Waals surface area contributed by atoms with Crippen molar-refractivity contribution in [2.45, 2.75) is 38.3 Å². The molecule has 5 heteroatoms. The molecule has 0 aliphatic carbocycles. The zero-order valence-electron chi connectivity index (χ0n) is 14.7. The standard InChI is InChI=1S/C18H29N3O2/c1-14-7-5-6-8-16(14)15(2)21-17(19-3)20-13-18(22-4)9-11-23-12-10-18/h5-8,15H,9-13H2,1-4H3,(H2,19,20,21). The number of methoxy groups -OCH3 is 1. The maximum absolute atomic E-state index is 5.76. The van der Waals surface area contributed by atoms with Crippen LogP contribution in [0.15, 0.2) is 29.3 Å². The van der Waals surface area contributed by atoms with Crippen LogP contribution in [0.5, 0.6) is 0 Å². The fourth-order valence-electron chi connectivity index (χ4n) is 2.99. The van der Waals surface area contributed by atoms with E-state index in [1.807, 2.05) is 0 Å². The number of hydrogen-bond acceptors (Lipinski definition) is 3. The molecule has 1 unspecified atom stereocenters. The van der Waals surface area contributed by atoms with Crippen LogP contribution in [0.25, 0.3) is 0 Å². The summed E-state index contributed by atoms with van der Waals surface area (Å²) in [7, 11) is 3.57. The molecular weight excluding hydrogens is 290 g/mol. The number of aliphatic imine (C=N–C) groups is 1. The highest BCUT2D eigenvalue weighted by molar-refractivity contribution is 5.80. The monoisotopic (exact) mass is 319 g/mol. The lowest BCUT2D eigenvalue weighted by molar-refractivity contribution is -0.0855. The molecule has 5 nitrogen and oxygen atoms in total. The van der Waals surface area contributed by atoms with Gasteiger partial charge in [0.25, 0.3) is 0 Å². The molecule has 1 aliphatic rings. The Morgan fingerprint density at radius 2 is 2.04 bits per heavy atom. The van der Waals surface area contributed by atoms with Gasteiger partial charge in [0, 0.05) is 46.8 Å². The van der Waals surface area contributed by atoms with Gasteiger partial charge < -0.3 is 20.1 Å². The van der Waals surface area contributed by atoms with E-state index in [2.05, 4.69) is 53.7 Å². The number of benzene rings is 1. The lowest BCUT2D eigenvalue weighted by Crippen LogP contribution is -2.51. The van der Waals surface area contributed by atoms with Crippen molar-refractivity contribution >= 4 is 5.96 Å². The Morgan fingerprint density at radius 3 is 2.65 bits per heavy atom. The summed E-state index contributed by atoms with van der Waals surface area (Å²) in [6, 6.07) is 8.60. The van der Waals surface area contributed by atoms with Crippen LogP contribution in [0.4, 0.5) is 0 Å². The molecule has 1 saturated heterocycles. The van der Waals surface area contributed by atoms with E-state index in [-0.39, 0.29) is 11.6 Å². The number of nitrogens with one attached hydrogen (secondary N) is 2. The molecule has 2 N–H and O–H groups in total. The van der Waals surface area contributed by atoms with Crippen LogP contribution >= 0.6 is 0 Å². The lowest BCUT2D eigenvalue weighted by atomic mass is 9.94. The van der Waals surface area contributed by atoms with Gasteiger partial charge in [-0.2, -0.15) is 0 Å². The van der Waals surface area contributed by atoms with E-state index >= 15 is 0 Å². The third kappa shape index (κ3) is 4.69. The van der Waals surface area contributed by atoms with E-state index in [9.17, 15) is 0 Å². The highest BCUT2D eigenvalue weighted by Crippen LogP contribution is 2.23. The smallest absolute Gasteiger partial charge is 0.191 e. The zero-order valence-corrected chi connectivity index (χ0v) is 14.7. The average Bonchev–Trinajstić information content (AvgIpc) is 2.59. The molecule has 128 valence electrons. The number of hydrogen-bond donors (Lipinski definition) is 2. The van der Waals surface area contributed by atoms with Crippen LogP contribution in [0.2, 0.25) is 0 Å². The SMILES string of the molecule is CN=C(NCC1(OC)CCOCC1)NC(C)c1ccccc1C. The van der Waals surface area contributed by atoms with Gasteiger partial charge in [0.15, 0.2) is 5.96 Å². The highest BCUT2D eigenvalue weighted by atomic mass is 16.5. The van der Waals surface area contributed by atoms with Crippen LogP contribution in [-0.4, -0.2) is 45.5 Å². The molecule has 1 aromatic rings. The first-order valence-corrected chi connectivity index (χ1v) is 8.26. The van der Waals surface area contributed by atoms with Crippen molar-refractivity contribution < 1.29 is 9.47 Å². The van der Waals surface area contributed by atoms with Gasteiger partial charge in [-0.1, -0.05) is 24.3 Å². The van der Waals surface area contributed by atoms with Crippen LogP contribution in [0.3, 0.4) is 0 Å². The van der Waals surface area contributed by atoms with Crippen LogP contribution in [0.1, 0.15) is 36.9 Å². The molecule has 0 radical (unpaired) electrons. The van der Waals surface area contributed by atoms with E-state index in [0.29, 0.717) is 0 Å². The molecule has 1 heterocycles. The summed E-state index contributed by atoms with van der Waals surface area (Å²) in [5.74, 6) is 0.795. The predicted octanol–water partition coefficient (Wildman–Crippen LogP) is 2.42. The van der Waals surface area contributed by atoms with E-state index in [0.717, 1.165) is 38.6 Å². The Morgan fingerprint density at radius 1 is 1.35 bits per heavy atom. The predicted molar refractivity (Wildman–Crippen MR) is 93.9 cm³/mol. The van der Waals surface area contributed by atoms with Crippen molar-refractivity contribution in [3.05, 3.63) is 35.4 Å². The molecule has 0 bridgehead atoms. The first-order chi connectivity index (χ1) is 11.1. The average molecular weight is 319 g/mol. The normalized spacial score (nSPS) is 19.2. The van der Waals surface area contributed by atoms with Crippen molar-refractivity contribution in [2.24, 2.45) is 4.99 Å². The number of ether oxygens (including phenoxy) is 2. The molecular formula is C18H29N3O2. The van der Waals surface area contributed by atoms with Gasteiger partial charge >= 0.3 is 0 Å². The number of aryl methyl sites for hydroxylation is 1. The van der Waals surface area contributed by atoms with Crippen molar-refractivity contribution in [3.8, 4) is 0 Å². The second-order valence-electron chi connectivity index (χ2n) is 6.15. The van der Waals surface area contributed by atoms with Crippen molar-refractivity contribution in [2.75, 3.05) is 33.9 Å². The quantitative estimate of drug-likeness (QED) is 0.646. The lowest BCUT2D eigenvalue weighted by Gasteiger charge is -2.36. The Balaban J connectivity index is 1.94. The van der Waals surface area contributed by atoms with Crippen LogP contribution in [0, 0.1) is 6.92 Å². The molecule has 0 saturated carbocycles. The first-order valence-electron chi connectivity index (χ1n) is 8.26. The summed E-state index contributed by atoms with van der Waals surface area (Å²) in [6.07, 6.45) is 1.81. The Kier molecular flexibility index (Phi) is 6.42. The number of guanidine groups is 1.